The zero-order valence-corrected chi connectivity index (χ0v) is 12.7. The molecule has 4 rings (SSSR count). The summed E-state index contributed by atoms with van der Waals surface area (Å²) in [5, 5.41) is 0. The van der Waals surface area contributed by atoms with Crippen LogP contribution in [0.15, 0.2) is 91.1 Å². The molecule has 1 heterocycles. The van der Waals surface area contributed by atoms with Gasteiger partial charge in [-0.15, -0.1) is 0 Å². The maximum Gasteiger partial charge on any atom is 0.165 e. The third-order valence-electron chi connectivity index (χ3n) is 4.00. The van der Waals surface area contributed by atoms with Crippen LogP contribution in [0.4, 0.5) is 5.69 Å². The molecule has 0 saturated heterocycles. The van der Waals surface area contributed by atoms with Crippen molar-refractivity contribution in [2.45, 2.75) is 0 Å². The molecule has 23 heavy (non-hydrogen) atoms. The van der Waals surface area contributed by atoms with Gasteiger partial charge in [0.15, 0.2) is 6.73 Å². The molecule has 0 amide bonds. The lowest BCUT2D eigenvalue weighted by atomic mass is 10.0. The minimum atomic E-state index is 0.555. The summed E-state index contributed by atoms with van der Waals surface area (Å²) in [6.45, 7) is 0.555. The average molecular weight is 299 g/mol. The molecule has 3 aromatic carbocycles. The van der Waals surface area contributed by atoms with Gasteiger partial charge in [0.2, 0.25) is 0 Å². The highest BCUT2D eigenvalue weighted by Gasteiger charge is 2.16. The first kappa shape index (κ1) is 13.6. The van der Waals surface area contributed by atoms with Crippen molar-refractivity contribution in [3.63, 3.8) is 0 Å². The maximum atomic E-state index is 5.84. The Kier molecular flexibility index (Phi) is 3.57. The van der Waals surface area contributed by atoms with E-state index in [1.807, 2.05) is 24.3 Å². The zero-order valence-electron chi connectivity index (χ0n) is 12.7. The van der Waals surface area contributed by atoms with Crippen LogP contribution in [0.3, 0.4) is 0 Å². The fourth-order valence-electron chi connectivity index (χ4n) is 2.74. The van der Waals surface area contributed by atoms with Crippen LogP contribution in [0, 0.1) is 0 Å². The number of para-hydroxylation sites is 1. The number of ether oxygens (including phenoxy) is 1. The number of nitrogens with zero attached hydrogens (tertiary/aromatic N) is 1. The van der Waals surface area contributed by atoms with Crippen molar-refractivity contribution in [2.75, 3.05) is 11.6 Å². The summed E-state index contributed by atoms with van der Waals surface area (Å²) < 4.78 is 5.84. The largest absolute Gasteiger partial charge is 0.471 e. The first-order chi connectivity index (χ1) is 11.4. The summed E-state index contributed by atoms with van der Waals surface area (Å²) in [5.74, 6) is 0.911. The van der Waals surface area contributed by atoms with E-state index in [2.05, 4.69) is 71.8 Å². The molecule has 2 nitrogen and oxygen atoms in total. The van der Waals surface area contributed by atoms with Crippen LogP contribution in [-0.4, -0.2) is 6.73 Å². The molecule has 0 spiro atoms. The highest BCUT2D eigenvalue weighted by Crippen LogP contribution is 2.28. The summed E-state index contributed by atoms with van der Waals surface area (Å²) in [7, 11) is 0. The van der Waals surface area contributed by atoms with Crippen molar-refractivity contribution in [1.29, 1.82) is 0 Å². The molecule has 0 bridgehead atoms. The predicted molar refractivity (Wildman–Crippen MR) is 94.7 cm³/mol. The first-order valence-corrected chi connectivity index (χ1v) is 7.72. The SMILES string of the molecule is C1=C(c2ccc(-c3ccccc3)cc2)OCN1c1ccccc1. The lowest BCUT2D eigenvalue weighted by Crippen LogP contribution is -2.12. The van der Waals surface area contributed by atoms with E-state index in [-0.39, 0.29) is 0 Å². The van der Waals surface area contributed by atoms with Crippen LogP contribution < -0.4 is 4.90 Å². The van der Waals surface area contributed by atoms with E-state index < -0.39 is 0 Å². The number of hydrogen-bond donors (Lipinski definition) is 0. The van der Waals surface area contributed by atoms with Gasteiger partial charge in [0.1, 0.15) is 5.76 Å². The molecule has 0 aromatic heterocycles. The number of anilines is 1. The zero-order chi connectivity index (χ0) is 15.5. The first-order valence-electron chi connectivity index (χ1n) is 7.72. The molecule has 112 valence electrons. The summed E-state index contributed by atoms with van der Waals surface area (Å²) >= 11 is 0. The highest BCUT2D eigenvalue weighted by atomic mass is 16.5. The smallest absolute Gasteiger partial charge is 0.165 e. The molecule has 0 unspecified atom stereocenters. The third kappa shape index (κ3) is 2.84. The van der Waals surface area contributed by atoms with Gasteiger partial charge in [0.05, 0.1) is 6.20 Å². The second-order valence-electron chi connectivity index (χ2n) is 5.52. The number of benzene rings is 3. The van der Waals surface area contributed by atoms with Crippen LogP contribution in [0.1, 0.15) is 5.56 Å². The Morgan fingerprint density at radius 1 is 0.609 bits per heavy atom. The second kappa shape index (κ2) is 6.01. The van der Waals surface area contributed by atoms with E-state index in [0.717, 1.165) is 17.0 Å². The standard InChI is InChI=1S/C21H17NO/c1-3-7-17(8-4-1)18-11-13-19(14-12-18)21-15-22(16-23-21)20-9-5-2-6-10-20/h1-15H,16H2. The van der Waals surface area contributed by atoms with Gasteiger partial charge in [0.25, 0.3) is 0 Å². The van der Waals surface area contributed by atoms with Crippen molar-refractivity contribution >= 4 is 11.4 Å². The van der Waals surface area contributed by atoms with Gasteiger partial charge in [-0.2, -0.15) is 0 Å². The van der Waals surface area contributed by atoms with Gasteiger partial charge >= 0.3 is 0 Å². The van der Waals surface area contributed by atoms with E-state index in [4.69, 9.17) is 4.74 Å². The van der Waals surface area contributed by atoms with Gasteiger partial charge < -0.3 is 9.64 Å². The summed E-state index contributed by atoms with van der Waals surface area (Å²) in [5.41, 5.74) is 4.69. The maximum absolute atomic E-state index is 5.84. The van der Waals surface area contributed by atoms with Crippen LogP contribution in [-0.2, 0) is 4.74 Å². The highest BCUT2D eigenvalue weighted by molar-refractivity contribution is 5.70. The Hall–Kier alpha value is -3.00. The average Bonchev–Trinajstić information content (AvgIpc) is 3.14. The molecule has 2 heteroatoms. The number of rotatable bonds is 3. The van der Waals surface area contributed by atoms with Crippen LogP contribution in [0.5, 0.6) is 0 Å². The predicted octanol–water partition coefficient (Wildman–Crippen LogP) is 5.15. The van der Waals surface area contributed by atoms with Crippen molar-refractivity contribution in [1.82, 2.24) is 0 Å². The summed E-state index contributed by atoms with van der Waals surface area (Å²) in [4.78, 5) is 2.11. The fourth-order valence-corrected chi connectivity index (χ4v) is 2.74. The Bertz CT molecular complexity index is 807. The quantitative estimate of drug-likeness (QED) is 0.663. The van der Waals surface area contributed by atoms with E-state index >= 15 is 0 Å². The fraction of sp³-hybridized carbons (Fsp3) is 0.0476. The van der Waals surface area contributed by atoms with Crippen LogP contribution >= 0.6 is 0 Å². The van der Waals surface area contributed by atoms with Crippen LogP contribution in [0.2, 0.25) is 0 Å². The van der Waals surface area contributed by atoms with Crippen molar-refractivity contribution in [3.8, 4) is 11.1 Å². The molecule has 1 aliphatic heterocycles. The van der Waals surface area contributed by atoms with Crippen molar-refractivity contribution < 1.29 is 4.74 Å². The molecular weight excluding hydrogens is 282 g/mol. The number of hydrogen-bond acceptors (Lipinski definition) is 2. The monoisotopic (exact) mass is 299 g/mol. The molecule has 0 saturated carbocycles. The van der Waals surface area contributed by atoms with Crippen molar-refractivity contribution in [2.24, 2.45) is 0 Å². The Morgan fingerprint density at radius 3 is 1.87 bits per heavy atom. The van der Waals surface area contributed by atoms with Gasteiger partial charge in [-0.05, 0) is 23.3 Å². The topological polar surface area (TPSA) is 12.5 Å². The van der Waals surface area contributed by atoms with Crippen molar-refractivity contribution in [3.05, 3.63) is 96.7 Å². The Morgan fingerprint density at radius 2 is 1.17 bits per heavy atom. The van der Waals surface area contributed by atoms with E-state index in [0.29, 0.717) is 6.73 Å². The summed E-state index contributed by atoms with van der Waals surface area (Å²) in [6, 6.07) is 29.2. The van der Waals surface area contributed by atoms with Gasteiger partial charge in [-0.1, -0.05) is 72.8 Å². The third-order valence-corrected chi connectivity index (χ3v) is 4.00. The molecule has 0 radical (unpaired) electrons. The molecule has 0 atom stereocenters. The van der Waals surface area contributed by atoms with Crippen LogP contribution in [0.25, 0.3) is 16.9 Å². The molecular formula is C21H17NO. The molecule has 0 N–H and O–H groups in total. The Labute approximate surface area is 136 Å². The van der Waals surface area contributed by atoms with E-state index in [1.165, 1.54) is 11.1 Å². The van der Waals surface area contributed by atoms with Gasteiger partial charge in [-0.3, -0.25) is 0 Å². The second-order valence-corrected chi connectivity index (χ2v) is 5.52. The van der Waals surface area contributed by atoms with Gasteiger partial charge in [0, 0.05) is 11.3 Å². The molecule has 1 aliphatic rings. The lowest BCUT2D eigenvalue weighted by Gasteiger charge is -2.12. The normalized spacial score (nSPS) is 13.6. The minimum absolute atomic E-state index is 0.555. The van der Waals surface area contributed by atoms with Gasteiger partial charge in [-0.25, -0.2) is 0 Å². The summed E-state index contributed by atoms with van der Waals surface area (Å²) in [6.07, 6.45) is 2.06. The molecule has 0 aliphatic carbocycles. The van der Waals surface area contributed by atoms with E-state index in [1.54, 1.807) is 0 Å². The lowest BCUT2D eigenvalue weighted by molar-refractivity contribution is 0.308. The molecule has 3 aromatic rings. The minimum Gasteiger partial charge on any atom is -0.471 e. The Balaban J connectivity index is 1.57. The van der Waals surface area contributed by atoms with E-state index in [9.17, 15) is 0 Å². The molecule has 0 fully saturated rings.